The summed E-state index contributed by atoms with van der Waals surface area (Å²) in [5.41, 5.74) is 3.43. The Bertz CT molecular complexity index is 446. The number of hydrogen-bond acceptors (Lipinski definition) is 2. The van der Waals surface area contributed by atoms with Gasteiger partial charge in [-0.1, -0.05) is 32.9 Å². The van der Waals surface area contributed by atoms with E-state index in [-0.39, 0.29) is 11.3 Å². The van der Waals surface area contributed by atoms with Gasteiger partial charge < -0.3 is 10.2 Å². The summed E-state index contributed by atoms with van der Waals surface area (Å²) in [6.07, 6.45) is 0.550. The summed E-state index contributed by atoms with van der Waals surface area (Å²) in [5, 5.41) is 3.40. The first-order chi connectivity index (χ1) is 7.91. The monoisotopic (exact) mass is 232 g/mol. The molecular formula is C14H20N2O. The molecule has 1 aliphatic rings. The van der Waals surface area contributed by atoms with E-state index in [1.54, 1.807) is 4.90 Å². The van der Waals surface area contributed by atoms with E-state index in [1.165, 1.54) is 5.56 Å². The van der Waals surface area contributed by atoms with Gasteiger partial charge >= 0.3 is 0 Å². The van der Waals surface area contributed by atoms with Crippen LogP contribution in [0.4, 0.5) is 11.4 Å². The van der Waals surface area contributed by atoms with Crippen LogP contribution in [-0.4, -0.2) is 19.5 Å². The number of rotatable bonds is 0. The molecule has 0 bridgehead atoms. The number of nitrogens with zero attached hydrogens (tertiary/aromatic N) is 1. The summed E-state index contributed by atoms with van der Waals surface area (Å²) in [6.45, 7) is 7.29. The van der Waals surface area contributed by atoms with E-state index in [9.17, 15) is 4.79 Å². The number of fused-ring (bicyclic) bond motifs is 1. The Morgan fingerprint density at radius 2 is 2.00 bits per heavy atom. The molecule has 1 aromatic carbocycles. The van der Waals surface area contributed by atoms with Crippen LogP contribution in [0, 0.1) is 0 Å². The smallest absolute Gasteiger partial charge is 0.228 e. The first-order valence-electron chi connectivity index (χ1n) is 6.05. The van der Waals surface area contributed by atoms with E-state index in [4.69, 9.17) is 0 Å². The molecule has 0 aromatic heterocycles. The lowest BCUT2D eigenvalue weighted by Crippen LogP contribution is -2.25. The largest absolute Gasteiger partial charge is 0.383 e. The molecule has 1 aromatic rings. The maximum absolute atomic E-state index is 11.8. The zero-order valence-electron chi connectivity index (χ0n) is 11.0. The summed E-state index contributed by atoms with van der Waals surface area (Å²) in [5.74, 6) is 0.169. The highest BCUT2D eigenvalue weighted by Crippen LogP contribution is 2.37. The second kappa shape index (κ2) is 4.06. The Hall–Kier alpha value is -1.51. The van der Waals surface area contributed by atoms with Gasteiger partial charge in [0.1, 0.15) is 0 Å². The number of carbonyl (C=O) groups excluding carboxylic acids is 1. The molecule has 0 unspecified atom stereocenters. The predicted molar refractivity (Wildman–Crippen MR) is 71.7 cm³/mol. The normalized spacial score (nSPS) is 16.2. The molecule has 1 heterocycles. The summed E-state index contributed by atoms with van der Waals surface area (Å²) >= 11 is 0. The van der Waals surface area contributed by atoms with Gasteiger partial charge in [0.2, 0.25) is 5.91 Å². The molecule has 3 nitrogen and oxygen atoms in total. The van der Waals surface area contributed by atoms with Crippen LogP contribution in [0.15, 0.2) is 18.2 Å². The maximum Gasteiger partial charge on any atom is 0.228 e. The second-order valence-electron chi connectivity index (χ2n) is 5.58. The van der Waals surface area contributed by atoms with Crippen molar-refractivity contribution in [1.29, 1.82) is 0 Å². The molecule has 0 fully saturated rings. The molecule has 0 radical (unpaired) electrons. The van der Waals surface area contributed by atoms with Crippen LogP contribution in [-0.2, 0) is 10.2 Å². The standard InChI is InChI=1S/C14H20N2O/c1-14(2,3)10-6-5-7-11-13(10)15-9-8-12(17)16(11)4/h5-7,15H,8-9H2,1-4H3. The Morgan fingerprint density at radius 1 is 1.29 bits per heavy atom. The van der Waals surface area contributed by atoms with Crippen molar-refractivity contribution in [3.05, 3.63) is 23.8 Å². The predicted octanol–water partition coefficient (Wildman–Crippen LogP) is 2.76. The fourth-order valence-electron chi connectivity index (χ4n) is 2.23. The molecule has 17 heavy (non-hydrogen) atoms. The van der Waals surface area contributed by atoms with E-state index in [0.717, 1.165) is 11.4 Å². The van der Waals surface area contributed by atoms with Gasteiger partial charge in [-0.05, 0) is 17.0 Å². The minimum absolute atomic E-state index is 0.0760. The van der Waals surface area contributed by atoms with Crippen molar-refractivity contribution in [2.75, 3.05) is 23.8 Å². The number of carbonyl (C=O) groups is 1. The minimum atomic E-state index is 0.0760. The van der Waals surface area contributed by atoms with Gasteiger partial charge in [0.05, 0.1) is 11.4 Å². The molecule has 1 aliphatic heterocycles. The first-order valence-corrected chi connectivity index (χ1v) is 6.05. The van der Waals surface area contributed by atoms with Gasteiger partial charge in [-0.15, -0.1) is 0 Å². The number of hydrogen-bond donors (Lipinski definition) is 1. The zero-order chi connectivity index (χ0) is 12.6. The summed E-state index contributed by atoms with van der Waals surface area (Å²) in [7, 11) is 1.85. The third-order valence-corrected chi connectivity index (χ3v) is 3.23. The average molecular weight is 232 g/mol. The van der Waals surface area contributed by atoms with Crippen molar-refractivity contribution >= 4 is 17.3 Å². The van der Waals surface area contributed by atoms with Crippen molar-refractivity contribution in [2.45, 2.75) is 32.6 Å². The van der Waals surface area contributed by atoms with E-state index in [2.05, 4.69) is 32.2 Å². The number of benzene rings is 1. The Kier molecular flexibility index (Phi) is 2.86. The van der Waals surface area contributed by atoms with E-state index < -0.39 is 0 Å². The average Bonchev–Trinajstić information content (AvgIpc) is 2.39. The summed E-state index contributed by atoms with van der Waals surface area (Å²) in [4.78, 5) is 13.6. The zero-order valence-corrected chi connectivity index (χ0v) is 11.0. The SMILES string of the molecule is CN1C(=O)CCNc2c1cccc2C(C)(C)C. The van der Waals surface area contributed by atoms with Crippen LogP contribution in [0.3, 0.4) is 0 Å². The maximum atomic E-state index is 11.8. The van der Waals surface area contributed by atoms with Crippen molar-refractivity contribution < 1.29 is 4.79 Å². The van der Waals surface area contributed by atoms with Gasteiger partial charge in [-0.25, -0.2) is 0 Å². The molecule has 0 aliphatic carbocycles. The molecular weight excluding hydrogens is 212 g/mol. The van der Waals surface area contributed by atoms with E-state index in [1.807, 2.05) is 19.2 Å². The lowest BCUT2D eigenvalue weighted by Gasteiger charge is -2.26. The summed E-state index contributed by atoms with van der Waals surface area (Å²) < 4.78 is 0. The van der Waals surface area contributed by atoms with Crippen LogP contribution >= 0.6 is 0 Å². The highest BCUT2D eigenvalue weighted by molar-refractivity contribution is 5.98. The first kappa shape index (κ1) is 12.0. The van der Waals surface area contributed by atoms with Crippen LogP contribution in [0.25, 0.3) is 0 Å². The van der Waals surface area contributed by atoms with Crippen LogP contribution in [0.2, 0.25) is 0 Å². The minimum Gasteiger partial charge on any atom is -0.383 e. The molecule has 0 saturated heterocycles. The fraction of sp³-hybridized carbons (Fsp3) is 0.500. The lowest BCUT2D eigenvalue weighted by atomic mass is 9.85. The molecule has 0 saturated carbocycles. The number of nitrogens with one attached hydrogen (secondary N) is 1. The molecule has 0 spiro atoms. The van der Waals surface area contributed by atoms with Gasteiger partial charge in [0, 0.05) is 20.0 Å². The topological polar surface area (TPSA) is 32.3 Å². The van der Waals surface area contributed by atoms with E-state index in [0.29, 0.717) is 13.0 Å². The van der Waals surface area contributed by atoms with E-state index >= 15 is 0 Å². The number of amides is 1. The molecule has 0 atom stereocenters. The fourth-order valence-corrected chi connectivity index (χ4v) is 2.23. The lowest BCUT2D eigenvalue weighted by molar-refractivity contribution is -0.118. The third-order valence-electron chi connectivity index (χ3n) is 3.23. The highest BCUT2D eigenvalue weighted by atomic mass is 16.2. The second-order valence-corrected chi connectivity index (χ2v) is 5.58. The molecule has 1 amide bonds. The van der Waals surface area contributed by atoms with Gasteiger partial charge in [-0.3, -0.25) is 4.79 Å². The van der Waals surface area contributed by atoms with Gasteiger partial charge in [0.25, 0.3) is 0 Å². The quantitative estimate of drug-likeness (QED) is 0.746. The Balaban J connectivity index is 2.58. The number of para-hydroxylation sites is 1. The van der Waals surface area contributed by atoms with Crippen molar-refractivity contribution in [2.24, 2.45) is 0 Å². The Morgan fingerprint density at radius 3 is 2.65 bits per heavy atom. The highest BCUT2D eigenvalue weighted by Gasteiger charge is 2.25. The molecule has 3 heteroatoms. The van der Waals surface area contributed by atoms with Gasteiger partial charge in [0.15, 0.2) is 0 Å². The van der Waals surface area contributed by atoms with Crippen LogP contribution in [0.5, 0.6) is 0 Å². The Labute approximate surface area is 103 Å². The summed E-state index contributed by atoms with van der Waals surface area (Å²) in [6, 6.07) is 6.16. The van der Waals surface area contributed by atoms with Crippen LogP contribution in [0.1, 0.15) is 32.8 Å². The molecule has 2 rings (SSSR count). The van der Waals surface area contributed by atoms with Crippen molar-refractivity contribution in [1.82, 2.24) is 0 Å². The molecule has 1 N–H and O–H groups in total. The van der Waals surface area contributed by atoms with Crippen molar-refractivity contribution in [3.8, 4) is 0 Å². The third kappa shape index (κ3) is 2.14. The van der Waals surface area contributed by atoms with Crippen LogP contribution < -0.4 is 10.2 Å². The number of anilines is 2. The molecule has 92 valence electrons. The van der Waals surface area contributed by atoms with Gasteiger partial charge in [-0.2, -0.15) is 0 Å². The van der Waals surface area contributed by atoms with Crippen molar-refractivity contribution in [3.63, 3.8) is 0 Å².